The number of aryl methyl sites for hydroxylation is 2. The molecule has 0 saturated carbocycles. The summed E-state index contributed by atoms with van der Waals surface area (Å²) < 4.78 is 5.45. The van der Waals surface area contributed by atoms with Gasteiger partial charge >= 0.3 is 0 Å². The Morgan fingerprint density at radius 3 is 2.96 bits per heavy atom. The standard InChI is InChI=1S/C20H25N3O3S/c24-17(21-13-19-22-15-5-1-2-6-16(15)27-19)7-9-20(10-8-18(25)23-20)12-14-4-3-11-26-14/h3-4,11H,1-2,5-10,12-13H2,(H,21,24)(H,23,25). The Hall–Kier alpha value is -2.15. The third-order valence-electron chi connectivity index (χ3n) is 5.49. The highest BCUT2D eigenvalue weighted by molar-refractivity contribution is 7.11. The number of carbonyl (C=O) groups excluding carboxylic acids is 2. The van der Waals surface area contributed by atoms with E-state index in [0.717, 1.165) is 30.0 Å². The summed E-state index contributed by atoms with van der Waals surface area (Å²) in [6.07, 6.45) is 9.14. The minimum Gasteiger partial charge on any atom is -0.469 e. The fourth-order valence-electron chi connectivity index (χ4n) is 4.03. The molecule has 6 nitrogen and oxygen atoms in total. The molecule has 2 amide bonds. The van der Waals surface area contributed by atoms with Gasteiger partial charge in [-0.05, 0) is 50.7 Å². The lowest BCUT2D eigenvalue weighted by Crippen LogP contribution is -2.44. The molecule has 0 bridgehead atoms. The molecule has 1 unspecified atom stereocenters. The fraction of sp³-hybridized carbons (Fsp3) is 0.550. The molecule has 3 heterocycles. The first-order valence-electron chi connectivity index (χ1n) is 9.69. The van der Waals surface area contributed by atoms with Gasteiger partial charge in [0, 0.05) is 29.7 Å². The van der Waals surface area contributed by atoms with Crippen molar-refractivity contribution in [3.63, 3.8) is 0 Å². The van der Waals surface area contributed by atoms with E-state index in [-0.39, 0.29) is 17.4 Å². The molecular formula is C20H25N3O3S. The number of amides is 2. The number of thiazole rings is 1. The second kappa shape index (κ2) is 7.84. The highest BCUT2D eigenvalue weighted by Gasteiger charge is 2.38. The monoisotopic (exact) mass is 387 g/mol. The first kappa shape index (κ1) is 18.2. The lowest BCUT2D eigenvalue weighted by atomic mass is 9.87. The van der Waals surface area contributed by atoms with Crippen LogP contribution in [-0.4, -0.2) is 22.3 Å². The van der Waals surface area contributed by atoms with E-state index in [1.807, 2.05) is 12.1 Å². The van der Waals surface area contributed by atoms with Gasteiger partial charge in [0.1, 0.15) is 10.8 Å². The van der Waals surface area contributed by atoms with Crippen molar-refractivity contribution in [3.8, 4) is 0 Å². The summed E-state index contributed by atoms with van der Waals surface area (Å²) >= 11 is 1.73. The summed E-state index contributed by atoms with van der Waals surface area (Å²) in [5, 5.41) is 7.07. The van der Waals surface area contributed by atoms with E-state index in [1.54, 1.807) is 17.6 Å². The summed E-state index contributed by atoms with van der Waals surface area (Å²) in [5.74, 6) is 0.893. The third kappa shape index (κ3) is 4.40. The molecule has 1 aliphatic heterocycles. The minimum absolute atomic E-state index is 0.00291. The number of nitrogens with one attached hydrogen (secondary N) is 2. The number of rotatable bonds is 7. The number of furan rings is 1. The maximum atomic E-state index is 12.4. The molecule has 2 aromatic rings. The van der Waals surface area contributed by atoms with E-state index >= 15 is 0 Å². The SMILES string of the molecule is O=C(CCC1(Cc2ccco2)CCC(=O)N1)NCc1nc2c(s1)CCCC2. The van der Waals surface area contributed by atoms with Crippen molar-refractivity contribution in [1.29, 1.82) is 0 Å². The van der Waals surface area contributed by atoms with Crippen molar-refractivity contribution >= 4 is 23.2 Å². The van der Waals surface area contributed by atoms with Crippen LogP contribution in [0.3, 0.4) is 0 Å². The maximum absolute atomic E-state index is 12.4. The highest BCUT2D eigenvalue weighted by atomic mass is 32.1. The van der Waals surface area contributed by atoms with Crippen LogP contribution >= 0.6 is 11.3 Å². The molecule has 1 fully saturated rings. The number of aromatic nitrogens is 1. The van der Waals surface area contributed by atoms with Crippen molar-refractivity contribution in [2.24, 2.45) is 0 Å². The van der Waals surface area contributed by atoms with Crippen LogP contribution in [0.15, 0.2) is 22.8 Å². The Balaban J connectivity index is 1.30. The lowest BCUT2D eigenvalue weighted by molar-refractivity contribution is -0.122. The van der Waals surface area contributed by atoms with Gasteiger partial charge in [-0.2, -0.15) is 0 Å². The molecule has 1 atom stereocenters. The van der Waals surface area contributed by atoms with Crippen LogP contribution in [0.1, 0.15) is 59.9 Å². The van der Waals surface area contributed by atoms with Crippen LogP contribution in [0, 0.1) is 0 Å². The van der Waals surface area contributed by atoms with Crippen LogP contribution in [0.2, 0.25) is 0 Å². The first-order valence-corrected chi connectivity index (χ1v) is 10.5. The van der Waals surface area contributed by atoms with Crippen LogP contribution in [0.5, 0.6) is 0 Å². The first-order chi connectivity index (χ1) is 13.1. The van der Waals surface area contributed by atoms with Crippen LogP contribution in [0.4, 0.5) is 0 Å². The summed E-state index contributed by atoms with van der Waals surface area (Å²) in [4.78, 5) is 30.2. The van der Waals surface area contributed by atoms with Gasteiger partial charge in [-0.3, -0.25) is 9.59 Å². The number of nitrogens with zero attached hydrogens (tertiary/aromatic N) is 1. The lowest BCUT2D eigenvalue weighted by Gasteiger charge is -2.28. The smallest absolute Gasteiger partial charge is 0.220 e. The second-order valence-electron chi connectivity index (χ2n) is 7.55. The van der Waals surface area contributed by atoms with Gasteiger partial charge < -0.3 is 15.1 Å². The molecule has 27 heavy (non-hydrogen) atoms. The molecule has 0 radical (unpaired) electrons. The third-order valence-corrected chi connectivity index (χ3v) is 6.64. The number of fused-ring (bicyclic) bond motifs is 1. The fourth-order valence-corrected chi connectivity index (χ4v) is 5.12. The Bertz CT molecular complexity index is 791. The largest absolute Gasteiger partial charge is 0.469 e. The summed E-state index contributed by atoms with van der Waals surface area (Å²) in [5.41, 5.74) is 0.841. The van der Waals surface area contributed by atoms with Gasteiger partial charge in [-0.25, -0.2) is 4.98 Å². The van der Waals surface area contributed by atoms with Gasteiger partial charge in [-0.15, -0.1) is 11.3 Å². The molecule has 2 aliphatic rings. The molecule has 2 N–H and O–H groups in total. The Morgan fingerprint density at radius 2 is 2.22 bits per heavy atom. The van der Waals surface area contributed by atoms with E-state index in [2.05, 4.69) is 15.6 Å². The number of carbonyl (C=O) groups is 2. The van der Waals surface area contributed by atoms with Crippen LogP contribution < -0.4 is 10.6 Å². The van der Waals surface area contributed by atoms with E-state index in [0.29, 0.717) is 32.2 Å². The van der Waals surface area contributed by atoms with E-state index in [1.165, 1.54) is 23.4 Å². The molecule has 0 spiro atoms. The average molecular weight is 388 g/mol. The molecule has 1 aliphatic carbocycles. The predicted octanol–water partition coefficient (Wildman–Crippen LogP) is 2.90. The maximum Gasteiger partial charge on any atom is 0.220 e. The van der Waals surface area contributed by atoms with Crippen molar-refractivity contribution in [2.45, 2.75) is 69.9 Å². The van der Waals surface area contributed by atoms with E-state index < -0.39 is 0 Å². The van der Waals surface area contributed by atoms with E-state index in [4.69, 9.17) is 4.42 Å². The highest BCUT2D eigenvalue weighted by Crippen LogP contribution is 2.30. The van der Waals surface area contributed by atoms with Crippen LogP contribution in [-0.2, 0) is 35.4 Å². The normalized spacial score (nSPS) is 21.7. The molecule has 4 rings (SSSR count). The Kier molecular flexibility index (Phi) is 5.29. The zero-order valence-corrected chi connectivity index (χ0v) is 16.2. The van der Waals surface area contributed by atoms with Gasteiger partial charge in [0.15, 0.2) is 0 Å². The number of hydrogen-bond acceptors (Lipinski definition) is 5. The van der Waals surface area contributed by atoms with Gasteiger partial charge in [0.25, 0.3) is 0 Å². The zero-order chi connectivity index (χ0) is 18.7. The average Bonchev–Trinajstić information content (AvgIpc) is 3.39. The molecular weight excluding hydrogens is 362 g/mol. The van der Waals surface area contributed by atoms with Gasteiger partial charge in [-0.1, -0.05) is 0 Å². The second-order valence-corrected chi connectivity index (χ2v) is 8.71. The molecule has 7 heteroatoms. The summed E-state index contributed by atoms with van der Waals surface area (Å²) in [6, 6.07) is 3.76. The molecule has 2 aromatic heterocycles. The molecule has 144 valence electrons. The number of hydrogen-bond donors (Lipinski definition) is 2. The molecule has 0 aromatic carbocycles. The van der Waals surface area contributed by atoms with Crippen molar-refractivity contribution < 1.29 is 14.0 Å². The topological polar surface area (TPSA) is 84.2 Å². The van der Waals surface area contributed by atoms with Gasteiger partial charge in [0.05, 0.1) is 18.5 Å². The Morgan fingerprint density at radius 1 is 1.33 bits per heavy atom. The predicted molar refractivity (Wildman–Crippen MR) is 102 cm³/mol. The van der Waals surface area contributed by atoms with Crippen molar-refractivity contribution in [1.82, 2.24) is 15.6 Å². The van der Waals surface area contributed by atoms with Crippen molar-refractivity contribution in [2.75, 3.05) is 0 Å². The molecule has 1 saturated heterocycles. The van der Waals surface area contributed by atoms with Gasteiger partial charge in [0.2, 0.25) is 11.8 Å². The minimum atomic E-state index is -0.382. The summed E-state index contributed by atoms with van der Waals surface area (Å²) in [7, 11) is 0. The Labute approximate surface area is 162 Å². The van der Waals surface area contributed by atoms with Crippen LogP contribution in [0.25, 0.3) is 0 Å². The zero-order valence-electron chi connectivity index (χ0n) is 15.4. The quantitative estimate of drug-likeness (QED) is 0.765. The summed E-state index contributed by atoms with van der Waals surface area (Å²) in [6.45, 7) is 0.494. The van der Waals surface area contributed by atoms with E-state index in [9.17, 15) is 9.59 Å². The van der Waals surface area contributed by atoms with Crippen molar-refractivity contribution in [3.05, 3.63) is 39.7 Å².